The van der Waals surface area contributed by atoms with Crippen molar-refractivity contribution in [3.8, 4) is 5.75 Å². The lowest BCUT2D eigenvalue weighted by atomic mass is 10.1. The number of benzene rings is 3. The number of hydrogen-bond donors (Lipinski definition) is 3. The van der Waals surface area contributed by atoms with Gasteiger partial charge in [0.25, 0.3) is 0 Å². The summed E-state index contributed by atoms with van der Waals surface area (Å²) in [4.78, 5) is 12.6. The molecule has 0 aliphatic carbocycles. The SMILES string of the molecule is CC(F)CC(N)C(=O)NCc1cccc(OCc2ccc(C(F)(F)F)cc2)c1.Fc1ccc(S)cc1. The van der Waals surface area contributed by atoms with E-state index in [1.54, 1.807) is 36.4 Å². The molecule has 0 aliphatic rings. The van der Waals surface area contributed by atoms with Crippen LogP contribution in [-0.2, 0) is 24.1 Å². The number of alkyl halides is 4. The number of nitrogens with two attached hydrogens (primary N) is 1. The lowest BCUT2D eigenvalue weighted by Gasteiger charge is -2.13. The van der Waals surface area contributed by atoms with Crippen LogP contribution < -0.4 is 15.8 Å². The van der Waals surface area contributed by atoms with E-state index in [4.69, 9.17) is 10.5 Å². The molecule has 0 aromatic heterocycles. The fraction of sp³-hybridized carbons (Fsp3) is 0.269. The zero-order valence-electron chi connectivity index (χ0n) is 19.4. The summed E-state index contributed by atoms with van der Waals surface area (Å²) in [7, 11) is 0. The molecule has 0 saturated heterocycles. The zero-order chi connectivity index (χ0) is 26.7. The molecule has 0 aliphatic heterocycles. The van der Waals surface area contributed by atoms with E-state index in [-0.39, 0.29) is 25.4 Å². The molecule has 0 spiro atoms. The number of carbonyl (C=O) groups excluding carboxylic acids is 1. The minimum atomic E-state index is -4.37. The van der Waals surface area contributed by atoms with Crippen LogP contribution in [0.4, 0.5) is 22.0 Å². The fourth-order valence-electron chi connectivity index (χ4n) is 2.92. The van der Waals surface area contributed by atoms with Crippen molar-refractivity contribution in [2.45, 2.75) is 49.8 Å². The minimum Gasteiger partial charge on any atom is -0.489 e. The van der Waals surface area contributed by atoms with E-state index in [0.717, 1.165) is 22.6 Å². The Morgan fingerprint density at radius 1 is 1.03 bits per heavy atom. The first-order chi connectivity index (χ1) is 16.9. The number of carbonyl (C=O) groups is 1. The van der Waals surface area contributed by atoms with Gasteiger partial charge in [-0.3, -0.25) is 4.79 Å². The van der Waals surface area contributed by atoms with Crippen LogP contribution in [0.25, 0.3) is 0 Å². The highest BCUT2D eigenvalue weighted by Crippen LogP contribution is 2.29. The normalized spacial score (nSPS) is 12.7. The third-order valence-corrected chi connectivity index (χ3v) is 5.09. The summed E-state index contributed by atoms with van der Waals surface area (Å²) >= 11 is 3.97. The highest BCUT2D eigenvalue weighted by molar-refractivity contribution is 7.80. The number of rotatable bonds is 8. The molecule has 36 heavy (non-hydrogen) atoms. The Morgan fingerprint density at radius 3 is 2.22 bits per heavy atom. The predicted octanol–water partition coefficient (Wildman–Crippen LogP) is 6.09. The Labute approximate surface area is 212 Å². The second-order valence-electron chi connectivity index (χ2n) is 7.95. The van der Waals surface area contributed by atoms with Gasteiger partial charge in [-0.2, -0.15) is 13.2 Å². The Balaban J connectivity index is 0.000000482. The van der Waals surface area contributed by atoms with Crippen LogP contribution in [0.1, 0.15) is 30.0 Å². The molecule has 194 valence electrons. The van der Waals surface area contributed by atoms with Crippen LogP contribution in [0, 0.1) is 5.82 Å². The van der Waals surface area contributed by atoms with Gasteiger partial charge >= 0.3 is 6.18 Å². The highest BCUT2D eigenvalue weighted by atomic mass is 32.1. The van der Waals surface area contributed by atoms with Crippen molar-refractivity contribution in [1.29, 1.82) is 0 Å². The topological polar surface area (TPSA) is 64.4 Å². The zero-order valence-corrected chi connectivity index (χ0v) is 20.3. The smallest absolute Gasteiger partial charge is 0.416 e. The van der Waals surface area contributed by atoms with Gasteiger partial charge in [0.2, 0.25) is 5.91 Å². The maximum atomic E-state index is 12.9. The molecule has 3 N–H and O–H groups in total. The quantitative estimate of drug-likeness (QED) is 0.246. The summed E-state index contributed by atoms with van der Waals surface area (Å²) in [5.74, 6) is -0.156. The molecule has 0 radical (unpaired) electrons. The van der Waals surface area contributed by atoms with Gasteiger partial charge in [-0.25, -0.2) is 8.78 Å². The summed E-state index contributed by atoms with van der Waals surface area (Å²) in [6.07, 6.45) is -5.59. The number of amides is 1. The van der Waals surface area contributed by atoms with Crippen molar-refractivity contribution in [3.05, 3.63) is 95.3 Å². The second-order valence-corrected chi connectivity index (χ2v) is 8.46. The van der Waals surface area contributed by atoms with E-state index >= 15 is 0 Å². The second kappa shape index (κ2) is 13.8. The Bertz CT molecular complexity index is 1070. The minimum absolute atomic E-state index is 0.0535. The summed E-state index contributed by atoms with van der Waals surface area (Å²) < 4.78 is 68.3. The van der Waals surface area contributed by atoms with Gasteiger partial charge in [0.05, 0.1) is 17.8 Å². The first-order valence-electron chi connectivity index (χ1n) is 10.9. The van der Waals surface area contributed by atoms with Crippen molar-refractivity contribution < 1.29 is 31.5 Å². The Hall–Kier alpha value is -3.11. The molecule has 0 saturated carbocycles. The van der Waals surface area contributed by atoms with E-state index < -0.39 is 29.9 Å². The van der Waals surface area contributed by atoms with Crippen LogP contribution in [0.3, 0.4) is 0 Å². The largest absolute Gasteiger partial charge is 0.489 e. The molecule has 3 aromatic rings. The summed E-state index contributed by atoms with van der Waals surface area (Å²) in [5, 5.41) is 2.63. The molecule has 3 rings (SSSR count). The number of ether oxygens (including phenoxy) is 1. The Kier molecular flexibility index (Phi) is 11.2. The van der Waals surface area contributed by atoms with Gasteiger partial charge in [0.1, 0.15) is 18.2 Å². The van der Waals surface area contributed by atoms with Crippen molar-refractivity contribution in [3.63, 3.8) is 0 Å². The maximum absolute atomic E-state index is 12.9. The molecular formula is C26H27F5N2O2S. The van der Waals surface area contributed by atoms with Gasteiger partial charge in [0.15, 0.2) is 0 Å². The number of hydrogen-bond acceptors (Lipinski definition) is 4. The van der Waals surface area contributed by atoms with E-state index in [0.29, 0.717) is 11.3 Å². The fourth-order valence-corrected chi connectivity index (χ4v) is 3.07. The molecule has 0 heterocycles. The van der Waals surface area contributed by atoms with Crippen LogP contribution in [-0.4, -0.2) is 18.1 Å². The maximum Gasteiger partial charge on any atom is 0.416 e. The van der Waals surface area contributed by atoms with E-state index in [1.807, 2.05) is 0 Å². The van der Waals surface area contributed by atoms with Crippen molar-refractivity contribution in [2.24, 2.45) is 5.73 Å². The first-order valence-corrected chi connectivity index (χ1v) is 11.4. The predicted molar refractivity (Wildman–Crippen MR) is 131 cm³/mol. The lowest BCUT2D eigenvalue weighted by molar-refractivity contribution is -0.137. The van der Waals surface area contributed by atoms with Crippen LogP contribution in [0.5, 0.6) is 5.75 Å². The molecular weight excluding hydrogens is 499 g/mol. The monoisotopic (exact) mass is 526 g/mol. The molecule has 0 bridgehead atoms. The first kappa shape index (κ1) is 29.1. The third-order valence-electron chi connectivity index (χ3n) is 4.79. The molecule has 10 heteroatoms. The average Bonchev–Trinajstić information content (AvgIpc) is 2.83. The van der Waals surface area contributed by atoms with Gasteiger partial charge in [-0.05, 0) is 66.6 Å². The molecule has 2 atom stereocenters. The molecule has 1 amide bonds. The van der Waals surface area contributed by atoms with Gasteiger partial charge in [-0.1, -0.05) is 24.3 Å². The average molecular weight is 527 g/mol. The van der Waals surface area contributed by atoms with Crippen molar-refractivity contribution in [2.75, 3.05) is 0 Å². The lowest BCUT2D eigenvalue weighted by Crippen LogP contribution is -2.41. The van der Waals surface area contributed by atoms with E-state index in [2.05, 4.69) is 17.9 Å². The van der Waals surface area contributed by atoms with Crippen molar-refractivity contribution in [1.82, 2.24) is 5.32 Å². The van der Waals surface area contributed by atoms with Crippen LogP contribution in [0.2, 0.25) is 0 Å². The summed E-state index contributed by atoms with van der Waals surface area (Å²) in [6.45, 7) is 1.64. The molecule has 2 unspecified atom stereocenters. The molecule has 4 nitrogen and oxygen atoms in total. The Morgan fingerprint density at radius 2 is 1.67 bits per heavy atom. The summed E-state index contributed by atoms with van der Waals surface area (Å²) in [6, 6.07) is 16.7. The van der Waals surface area contributed by atoms with Crippen molar-refractivity contribution >= 4 is 18.5 Å². The standard InChI is InChI=1S/C20H22F4N2O2.C6H5FS/c1-13(21)9-18(25)19(27)26-11-15-3-2-4-17(10-15)28-12-14-5-7-16(8-6-14)20(22,23)24;7-5-1-3-6(8)4-2-5/h2-8,10,13,18H,9,11-12,25H2,1H3,(H,26,27);1-4,8H. The van der Waals surface area contributed by atoms with Gasteiger partial charge in [-0.15, -0.1) is 12.6 Å². The van der Waals surface area contributed by atoms with E-state index in [1.165, 1.54) is 31.2 Å². The number of thiol groups is 1. The molecule has 3 aromatic carbocycles. The summed E-state index contributed by atoms with van der Waals surface area (Å²) in [5.41, 5.74) is 6.25. The van der Waals surface area contributed by atoms with Crippen LogP contribution >= 0.6 is 12.6 Å². The van der Waals surface area contributed by atoms with E-state index in [9.17, 15) is 26.7 Å². The van der Waals surface area contributed by atoms with Crippen LogP contribution in [0.15, 0.2) is 77.7 Å². The van der Waals surface area contributed by atoms with Gasteiger partial charge < -0.3 is 15.8 Å². The number of nitrogens with one attached hydrogen (secondary N) is 1. The van der Waals surface area contributed by atoms with Gasteiger partial charge in [0, 0.05) is 17.9 Å². The number of halogens is 5. The highest BCUT2D eigenvalue weighted by Gasteiger charge is 2.29. The molecule has 0 fully saturated rings. The third kappa shape index (κ3) is 10.7.